The van der Waals surface area contributed by atoms with Gasteiger partial charge < -0.3 is 15.4 Å². The van der Waals surface area contributed by atoms with Crippen LogP contribution in [0.15, 0.2) is 60.9 Å². The molecule has 126 valence electrons. The Morgan fingerprint density at radius 1 is 1.04 bits per heavy atom. The van der Waals surface area contributed by atoms with Gasteiger partial charge in [-0.3, -0.25) is 4.79 Å². The van der Waals surface area contributed by atoms with Crippen molar-refractivity contribution in [1.82, 2.24) is 9.97 Å². The maximum absolute atomic E-state index is 12.3. The molecule has 2 aromatic carbocycles. The highest BCUT2D eigenvalue weighted by Gasteiger charge is 2.10. The average molecular weight is 355 g/mol. The molecule has 0 aliphatic heterocycles. The van der Waals surface area contributed by atoms with Crippen molar-refractivity contribution in [3.8, 4) is 5.75 Å². The molecule has 0 unspecified atom stereocenters. The molecule has 25 heavy (non-hydrogen) atoms. The second-order valence-electron chi connectivity index (χ2n) is 5.08. The van der Waals surface area contributed by atoms with Crippen LogP contribution in [0.4, 0.5) is 17.2 Å². The van der Waals surface area contributed by atoms with E-state index in [4.69, 9.17) is 16.3 Å². The molecule has 3 aromatic rings. The van der Waals surface area contributed by atoms with E-state index in [1.165, 1.54) is 6.33 Å². The van der Waals surface area contributed by atoms with Gasteiger partial charge in [0.25, 0.3) is 5.91 Å². The van der Waals surface area contributed by atoms with Crippen LogP contribution in [-0.4, -0.2) is 23.0 Å². The molecule has 2 N–H and O–H groups in total. The fourth-order valence-electron chi connectivity index (χ4n) is 2.16. The monoisotopic (exact) mass is 354 g/mol. The Balaban J connectivity index is 1.75. The van der Waals surface area contributed by atoms with Gasteiger partial charge in [0.1, 0.15) is 23.6 Å². The number of methoxy groups -OCH3 is 1. The molecule has 6 nitrogen and oxygen atoms in total. The Kier molecular flexibility index (Phi) is 5.11. The van der Waals surface area contributed by atoms with Gasteiger partial charge in [0.2, 0.25) is 0 Å². The third kappa shape index (κ3) is 4.24. The Bertz CT molecular complexity index is 887. The van der Waals surface area contributed by atoms with Crippen LogP contribution in [0.25, 0.3) is 0 Å². The van der Waals surface area contributed by atoms with Crippen LogP contribution in [0.5, 0.6) is 5.75 Å². The Morgan fingerprint density at radius 2 is 1.84 bits per heavy atom. The number of rotatable bonds is 5. The lowest BCUT2D eigenvalue weighted by Gasteiger charge is -2.09. The molecule has 0 aliphatic rings. The first-order chi connectivity index (χ1) is 12.2. The van der Waals surface area contributed by atoms with Crippen molar-refractivity contribution in [2.45, 2.75) is 0 Å². The number of anilines is 3. The number of benzene rings is 2. The second-order valence-corrected chi connectivity index (χ2v) is 5.49. The van der Waals surface area contributed by atoms with Crippen molar-refractivity contribution in [2.24, 2.45) is 0 Å². The van der Waals surface area contributed by atoms with Crippen molar-refractivity contribution in [1.29, 1.82) is 0 Å². The maximum atomic E-state index is 12.3. The minimum atomic E-state index is -0.315. The van der Waals surface area contributed by atoms with E-state index in [1.54, 1.807) is 43.5 Å². The van der Waals surface area contributed by atoms with Gasteiger partial charge >= 0.3 is 0 Å². The summed E-state index contributed by atoms with van der Waals surface area (Å²) in [6.45, 7) is 0. The Hall–Kier alpha value is -3.12. The first-order valence-corrected chi connectivity index (χ1v) is 7.82. The third-order valence-electron chi connectivity index (χ3n) is 3.36. The molecule has 0 atom stereocenters. The Morgan fingerprint density at radius 3 is 2.56 bits per heavy atom. The lowest BCUT2D eigenvalue weighted by Crippen LogP contribution is -2.14. The zero-order chi connectivity index (χ0) is 17.6. The molecular formula is C18H15ClN4O2. The summed E-state index contributed by atoms with van der Waals surface area (Å²) >= 11 is 6.11. The Labute approximate surface area is 149 Å². The SMILES string of the molecule is COc1ccc(Nc2cc(C(=O)Nc3ccccc3)ncn2)cc1Cl. The number of hydrogen-bond donors (Lipinski definition) is 2. The molecule has 1 heterocycles. The van der Waals surface area contributed by atoms with E-state index >= 15 is 0 Å². The van der Waals surface area contributed by atoms with E-state index in [9.17, 15) is 4.79 Å². The summed E-state index contributed by atoms with van der Waals surface area (Å²) in [6.07, 6.45) is 1.33. The molecule has 1 amide bonds. The van der Waals surface area contributed by atoms with E-state index in [-0.39, 0.29) is 11.6 Å². The highest BCUT2D eigenvalue weighted by Crippen LogP contribution is 2.28. The lowest BCUT2D eigenvalue weighted by atomic mass is 10.3. The van der Waals surface area contributed by atoms with E-state index in [1.807, 2.05) is 18.2 Å². The molecule has 7 heteroatoms. The number of hydrogen-bond acceptors (Lipinski definition) is 5. The van der Waals surface area contributed by atoms with Gasteiger partial charge in [0, 0.05) is 17.4 Å². The minimum absolute atomic E-state index is 0.251. The number of aromatic nitrogens is 2. The quantitative estimate of drug-likeness (QED) is 0.720. The van der Waals surface area contributed by atoms with E-state index in [0.717, 1.165) is 5.69 Å². The molecule has 3 rings (SSSR count). The number of amides is 1. The minimum Gasteiger partial charge on any atom is -0.495 e. The fourth-order valence-corrected chi connectivity index (χ4v) is 2.42. The zero-order valence-electron chi connectivity index (χ0n) is 13.4. The second kappa shape index (κ2) is 7.63. The van der Waals surface area contributed by atoms with E-state index < -0.39 is 0 Å². The first kappa shape index (κ1) is 16.7. The number of halogens is 1. The van der Waals surface area contributed by atoms with Gasteiger partial charge in [-0.25, -0.2) is 9.97 Å². The summed E-state index contributed by atoms with van der Waals surface area (Å²) in [6, 6.07) is 16.0. The standard InChI is InChI=1S/C18H15ClN4O2/c1-25-16-8-7-13(9-14(16)19)22-17-10-15(20-11-21-17)18(24)23-12-5-3-2-4-6-12/h2-11H,1H3,(H,23,24)(H,20,21,22). The van der Waals surface area contributed by atoms with E-state index in [2.05, 4.69) is 20.6 Å². The van der Waals surface area contributed by atoms with Crippen molar-refractivity contribution in [3.63, 3.8) is 0 Å². The molecule has 0 spiro atoms. The van der Waals surface area contributed by atoms with Gasteiger partial charge in [-0.15, -0.1) is 0 Å². The van der Waals surface area contributed by atoms with Crippen LogP contribution in [0, 0.1) is 0 Å². The van der Waals surface area contributed by atoms with Gasteiger partial charge in [-0.05, 0) is 30.3 Å². The van der Waals surface area contributed by atoms with Gasteiger partial charge in [-0.2, -0.15) is 0 Å². The van der Waals surface area contributed by atoms with E-state index in [0.29, 0.717) is 22.3 Å². The van der Waals surface area contributed by atoms with Crippen LogP contribution >= 0.6 is 11.6 Å². The molecule has 0 saturated heterocycles. The molecule has 0 radical (unpaired) electrons. The number of ether oxygens (including phenoxy) is 1. The van der Waals surface area contributed by atoms with Crippen LogP contribution in [0.2, 0.25) is 5.02 Å². The number of para-hydroxylation sites is 1. The maximum Gasteiger partial charge on any atom is 0.274 e. The number of nitrogens with one attached hydrogen (secondary N) is 2. The summed E-state index contributed by atoms with van der Waals surface area (Å²) in [4.78, 5) is 20.4. The fraction of sp³-hybridized carbons (Fsp3) is 0.0556. The third-order valence-corrected chi connectivity index (χ3v) is 3.65. The summed E-state index contributed by atoms with van der Waals surface area (Å²) in [5, 5.41) is 6.34. The van der Waals surface area contributed by atoms with Crippen LogP contribution < -0.4 is 15.4 Å². The van der Waals surface area contributed by atoms with Crippen molar-refractivity contribution < 1.29 is 9.53 Å². The number of nitrogens with zero attached hydrogens (tertiary/aromatic N) is 2. The van der Waals surface area contributed by atoms with Gasteiger partial charge in [0.05, 0.1) is 12.1 Å². The van der Waals surface area contributed by atoms with Crippen molar-refractivity contribution in [2.75, 3.05) is 17.7 Å². The molecule has 0 bridgehead atoms. The van der Waals surface area contributed by atoms with Crippen LogP contribution in [-0.2, 0) is 0 Å². The highest BCUT2D eigenvalue weighted by atomic mass is 35.5. The summed E-state index contributed by atoms with van der Waals surface area (Å²) in [5.41, 5.74) is 1.67. The predicted molar refractivity (Wildman–Crippen MR) is 97.7 cm³/mol. The van der Waals surface area contributed by atoms with Gasteiger partial charge in [0.15, 0.2) is 0 Å². The molecule has 0 saturated carbocycles. The first-order valence-electron chi connectivity index (χ1n) is 7.45. The normalized spacial score (nSPS) is 10.2. The smallest absolute Gasteiger partial charge is 0.274 e. The predicted octanol–water partition coefficient (Wildman–Crippen LogP) is 4.13. The number of carbonyl (C=O) groups excluding carboxylic acids is 1. The molecular weight excluding hydrogens is 340 g/mol. The molecule has 0 aliphatic carbocycles. The number of carbonyl (C=O) groups is 1. The average Bonchev–Trinajstić information content (AvgIpc) is 2.63. The van der Waals surface area contributed by atoms with Gasteiger partial charge in [-0.1, -0.05) is 29.8 Å². The summed E-state index contributed by atoms with van der Waals surface area (Å²) in [5.74, 6) is 0.747. The topological polar surface area (TPSA) is 76.1 Å². The molecule has 0 fully saturated rings. The van der Waals surface area contributed by atoms with Crippen molar-refractivity contribution in [3.05, 3.63) is 71.6 Å². The van der Waals surface area contributed by atoms with Crippen molar-refractivity contribution >= 4 is 34.7 Å². The highest BCUT2D eigenvalue weighted by molar-refractivity contribution is 6.32. The van der Waals surface area contributed by atoms with Crippen LogP contribution in [0.1, 0.15) is 10.5 Å². The lowest BCUT2D eigenvalue weighted by molar-refractivity contribution is 0.102. The van der Waals surface area contributed by atoms with Crippen LogP contribution in [0.3, 0.4) is 0 Å². The molecule has 1 aromatic heterocycles. The zero-order valence-corrected chi connectivity index (χ0v) is 14.1. The summed E-state index contributed by atoms with van der Waals surface area (Å²) in [7, 11) is 1.55. The largest absolute Gasteiger partial charge is 0.495 e. The summed E-state index contributed by atoms with van der Waals surface area (Å²) < 4.78 is 5.12.